The van der Waals surface area contributed by atoms with Gasteiger partial charge in [-0.25, -0.2) is 0 Å². The fraction of sp³-hybridized carbons (Fsp3) is 0.917. The second-order valence-corrected chi connectivity index (χ2v) is 5.93. The molecule has 1 atom stereocenters. The number of hydrogen-bond donors (Lipinski definition) is 0. The van der Waals surface area contributed by atoms with Crippen LogP contribution in [0.3, 0.4) is 0 Å². The summed E-state index contributed by atoms with van der Waals surface area (Å²) in [7, 11) is 0. The van der Waals surface area contributed by atoms with Gasteiger partial charge in [0.2, 0.25) is 0 Å². The van der Waals surface area contributed by atoms with Gasteiger partial charge in [-0.05, 0) is 24.2 Å². The van der Waals surface area contributed by atoms with Crippen LogP contribution in [-0.4, -0.2) is 12.6 Å². The van der Waals surface area contributed by atoms with Gasteiger partial charge in [-0.15, -0.1) is 0 Å². The summed E-state index contributed by atoms with van der Waals surface area (Å²) >= 11 is 0. The summed E-state index contributed by atoms with van der Waals surface area (Å²) < 4.78 is 5.14. The molecule has 1 aliphatic heterocycles. The maximum atomic E-state index is 11.8. The van der Waals surface area contributed by atoms with E-state index in [1.165, 1.54) is 0 Å². The third-order valence-electron chi connectivity index (χ3n) is 3.14. The predicted octanol–water partition coefficient (Wildman–Crippen LogP) is 3.01. The van der Waals surface area contributed by atoms with Crippen molar-refractivity contribution >= 4 is 5.97 Å². The van der Waals surface area contributed by atoms with Crippen molar-refractivity contribution in [3.8, 4) is 0 Å². The van der Waals surface area contributed by atoms with Gasteiger partial charge in [0.25, 0.3) is 0 Å². The van der Waals surface area contributed by atoms with Gasteiger partial charge in [0.15, 0.2) is 0 Å². The van der Waals surface area contributed by atoms with E-state index in [9.17, 15) is 4.79 Å². The molecule has 14 heavy (non-hydrogen) atoms. The fourth-order valence-electron chi connectivity index (χ4n) is 2.41. The van der Waals surface area contributed by atoms with Crippen molar-refractivity contribution in [2.45, 2.75) is 47.5 Å². The Hall–Kier alpha value is -0.530. The van der Waals surface area contributed by atoms with Gasteiger partial charge < -0.3 is 4.74 Å². The van der Waals surface area contributed by atoms with Crippen LogP contribution in [0.25, 0.3) is 0 Å². The minimum absolute atomic E-state index is 0.0161. The van der Waals surface area contributed by atoms with E-state index in [1.807, 2.05) is 0 Å². The van der Waals surface area contributed by atoms with Crippen LogP contribution in [-0.2, 0) is 9.53 Å². The van der Waals surface area contributed by atoms with E-state index >= 15 is 0 Å². The first-order valence-electron chi connectivity index (χ1n) is 5.45. The maximum Gasteiger partial charge on any atom is 0.312 e. The summed E-state index contributed by atoms with van der Waals surface area (Å²) in [5.41, 5.74) is -0.0358. The van der Waals surface area contributed by atoms with E-state index in [0.29, 0.717) is 12.5 Å². The van der Waals surface area contributed by atoms with Crippen LogP contribution in [0.1, 0.15) is 47.5 Å². The molecular formula is C12H22O2. The first kappa shape index (κ1) is 11.5. The summed E-state index contributed by atoms with van der Waals surface area (Å²) in [5, 5.41) is 0. The van der Waals surface area contributed by atoms with Crippen molar-refractivity contribution < 1.29 is 9.53 Å². The number of hydrogen-bond acceptors (Lipinski definition) is 2. The molecule has 1 saturated heterocycles. The second kappa shape index (κ2) is 3.56. The number of carbonyl (C=O) groups is 1. The highest BCUT2D eigenvalue weighted by Gasteiger charge is 2.48. The number of carbonyl (C=O) groups excluding carboxylic acids is 1. The van der Waals surface area contributed by atoms with E-state index < -0.39 is 0 Å². The van der Waals surface area contributed by atoms with Crippen LogP contribution < -0.4 is 0 Å². The first-order chi connectivity index (χ1) is 6.28. The molecule has 2 nitrogen and oxygen atoms in total. The average molecular weight is 198 g/mol. The maximum absolute atomic E-state index is 11.8. The molecule has 0 amide bonds. The lowest BCUT2D eigenvalue weighted by atomic mass is 9.67. The van der Waals surface area contributed by atoms with Crippen LogP contribution in [0.15, 0.2) is 0 Å². The highest BCUT2D eigenvalue weighted by atomic mass is 16.5. The smallest absolute Gasteiger partial charge is 0.312 e. The molecular weight excluding hydrogens is 176 g/mol. The van der Waals surface area contributed by atoms with Gasteiger partial charge in [-0.1, -0.05) is 34.6 Å². The van der Waals surface area contributed by atoms with Crippen molar-refractivity contribution in [1.29, 1.82) is 0 Å². The number of rotatable bonds is 2. The van der Waals surface area contributed by atoms with Crippen molar-refractivity contribution in [1.82, 2.24) is 0 Å². The standard InChI is InChI=1S/C12H22O2/c1-9(2)12(8-11(3,4)5)6-7-14-10(12)13/h9H,6-8H2,1-5H3. The Bertz CT molecular complexity index is 225. The van der Waals surface area contributed by atoms with Crippen LogP contribution >= 0.6 is 0 Å². The summed E-state index contributed by atoms with van der Waals surface area (Å²) in [6, 6.07) is 0. The van der Waals surface area contributed by atoms with E-state index in [0.717, 1.165) is 12.8 Å². The van der Waals surface area contributed by atoms with Gasteiger partial charge in [0.05, 0.1) is 12.0 Å². The topological polar surface area (TPSA) is 26.3 Å². The molecule has 1 fully saturated rings. The van der Waals surface area contributed by atoms with Gasteiger partial charge in [-0.3, -0.25) is 4.79 Å². The fourth-order valence-corrected chi connectivity index (χ4v) is 2.41. The number of esters is 1. The van der Waals surface area contributed by atoms with Crippen LogP contribution in [0.5, 0.6) is 0 Å². The lowest BCUT2D eigenvalue weighted by Crippen LogP contribution is -2.36. The second-order valence-electron chi connectivity index (χ2n) is 5.93. The monoisotopic (exact) mass is 198 g/mol. The Morgan fingerprint density at radius 2 is 2.00 bits per heavy atom. The molecule has 82 valence electrons. The largest absolute Gasteiger partial charge is 0.465 e. The quantitative estimate of drug-likeness (QED) is 0.637. The van der Waals surface area contributed by atoms with Crippen molar-refractivity contribution in [3.63, 3.8) is 0 Å². The normalized spacial score (nSPS) is 28.3. The van der Waals surface area contributed by atoms with Crippen molar-refractivity contribution in [3.05, 3.63) is 0 Å². The molecule has 1 unspecified atom stereocenters. The molecule has 0 N–H and O–H groups in total. The summed E-state index contributed by atoms with van der Waals surface area (Å²) in [6.45, 7) is 11.4. The van der Waals surface area contributed by atoms with E-state index in [1.54, 1.807) is 0 Å². The molecule has 1 rings (SSSR count). The summed E-state index contributed by atoms with van der Waals surface area (Å²) in [6.07, 6.45) is 1.82. The zero-order valence-electron chi connectivity index (χ0n) is 10.0. The Labute approximate surface area is 87.0 Å². The molecule has 0 aromatic rings. The van der Waals surface area contributed by atoms with Crippen LogP contribution in [0.2, 0.25) is 0 Å². The molecule has 2 heteroatoms. The van der Waals surface area contributed by atoms with E-state index in [-0.39, 0.29) is 16.8 Å². The lowest BCUT2D eigenvalue weighted by molar-refractivity contribution is -0.150. The van der Waals surface area contributed by atoms with Crippen molar-refractivity contribution in [2.24, 2.45) is 16.7 Å². The third kappa shape index (κ3) is 2.10. The number of ether oxygens (including phenoxy) is 1. The zero-order chi connectivity index (χ0) is 11.0. The zero-order valence-corrected chi connectivity index (χ0v) is 10.0. The van der Waals surface area contributed by atoms with E-state index in [2.05, 4.69) is 34.6 Å². The van der Waals surface area contributed by atoms with Gasteiger partial charge >= 0.3 is 5.97 Å². The van der Waals surface area contributed by atoms with Crippen LogP contribution in [0.4, 0.5) is 0 Å². The van der Waals surface area contributed by atoms with Gasteiger partial charge in [-0.2, -0.15) is 0 Å². The molecule has 0 aliphatic carbocycles. The average Bonchev–Trinajstić information content (AvgIpc) is 2.30. The van der Waals surface area contributed by atoms with Gasteiger partial charge in [0, 0.05) is 0 Å². The van der Waals surface area contributed by atoms with Crippen LogP contribution in [0, 0.1) is 16.7 Å². The SMILES string of the molecule is CC(C)C1(CC(C)(C)C)CCOC1=O. The number of cyclic esters (lactones) is 1. The van der Waals surface area contributed by atoms with Crippen molar-refractivity contribution in [2.75, 3.05) is 6.61 Å². The Balaban J connectivity index is 2.88. The highest BCUT2D eigenvalue weighted by molar-refractivity contribution is 5.79. The Kier molecular flexibility index (Phi) is 2.93. The third-order valence-corrected chi connectivity index (χ3v) is 3.14. The minimum Gasteiger partial charge on any atom is -0.465 e. The highest BCUT2D eigenvalue weighted by Crippen LogP contribution is 2.46. The van der Waals surface area contributed by atoms with E-state index in [4.69, 9.17) is 4.74 Å². The summed E-state index contributed by atoms with van der Waals surface area (Å²) in [5.74, 6) is 0.388. The molecule has 0 radical (unpaired) electrons. The minimum atomic E-state index is -0.224. The van der Waals surface area contributed by atoms with Gasteiger partial charge in [0.1, 0.15) is 0 Å². The molecule has 1 heterocycles. The molecule has 0 aromatic heterocycles. The lowest BCUT2D eigenvalue weighted by Gasteiger charge is -2.35. The molecule has 0 aromatic carbocycles. The summed E-state index contributed by atoms with van der Waals surface area (Å²) in [4.78, 5) is 11.8. The Morgan fingerprint density at radius 3 is 2.29 bits per heavy atom. The molecule has 0 spiro atoms. The Morgan fingerprint density at radius 1 is 1.43 bits per heavy atom. The molecule has 1 aliphatic rings. The molecule has 0 bridgehead atoms. The molecule has 0 saturated carbocycles. The predicted molar refractivity (Wildman–Crippen MR) is 56.9 cm³/mol. The first-order valence-corrected chi connectivity index (χ1v) is 5.45.